The van der Waals surface area contributed by atoms with E-state index in [1.54, 1.807) is 0 Å². The van der Waals surface area contributed by atoms with Crippen LogP contribution in [0, 0.1) is 5.92 Å². The molecule has 0 amide bonds. The number of nitrogens with zero attached hydrogens (tertiary/aromatic N) is 3. The minimum Gasteiger partial charge on any atom is -0.379 e. The van der Waals surface area contributed by atoms with E-state index in [0.717, 1.165) is 12.2 Å². The van der Waals surface area contributed by atoms with E-state index in [-0.39, 0.29) is 0 Å². The lowest BCUT2D eigenvalue weighted by molar-refractivity contribution is 0.145. The van der Waals surface area contributed by atoms with Gasteiger partial charge in [-0.1, -0.05) is 6.92 Å². The van der Waals surface area contributed by atoms with Gasteiger partial charge in [0.2, 0.25) is 0 Å². The van der Waals surface area contributed by atoms with Gasteiger partial charge < -0.3 is 10.2 Å². The molecular weight excluding hydrogens is 224 g/mol. The number of rotatable bonds is 3. The Hall–Kier alpha value is -1.03. The molecule has 0 aliphatic carbocycles. The largest absolute Gasteiger partial charge is 0.379 e. The molecule has 4 heteroatoms. The third kappa shape index (κ3) is 2.86. The minimum absolute atomic E-state index is 0.425. The molecule has 0 radical (unpaired) electrons. The van der Waals surface area contributed by atoms with E-state index in [0.29, 0.717) is 24.0 Å². The molecule has 0 spiro atoms. The molecule has 18 heavy (non-hydrogen) atoms. The lowest BCUT2D eigenvalue weighted by atomic mass is 9.90. The number of anilines is 1. The van der Waals surface area contributed by atoms with Gasteiger partial charge in [-0.25, -0.2) is 0 Å². The summed E-state index contributed by atoms with van der Waals surface area (Å²) in [7, 11) is 2.22. The highest BCUT2D eigenvalue weighted by Gasteiger charge is 2.28. The standard InChI is InChI=1S/C14H26N4/c1-10(2)18-9-13(7-15-18)16-14-6-12(4)17(5)8-11(14)3/h7,9-12,14,16H,6,8H2,1-5H3. The molecule has 1 aliphatic rings. The first-order valence-corrected chi connectivity index (χ1v) is 6.98. The smallest absolute Gasteiger partial charge is 0.0728 e. The number of likely N-dealkylation sites (tertiary alicyclic amines) is 1. The number of aromatic nitrogens is 2. The predicted molar refractivity (Wildman–Crippen MR) is 75.9 cm³/mol. The van der Waals surface area contributed by atoms with Crippen LogP contribution in [0.4, 0.5) is 5.69 Å². The molecule has 3 atom stereocenters. The summed E-state index contributed by atoms with van der Waals surface area (Å²) < 4.78 is 2.01. The Balaban J connectivity index is 1.99. The summed E-state index contributed by atoms with van der Waals surface area (Å²) in [4.78, 5) is 2.44. The zero-order valence-corrected chi connectivity index (χ0v) is 12.2. The Labute approximate surface area is 110 Å². The fourth-order valence-corrected chi connectivity index (χ4v) is 2.65. The van der Waals surface area contributed by atoms with Crippen LogP contribution in [-0.2, 0) is 0 Å². The Kier molecular flexibility index (Phi) is 3.95. The van der Waals surface area contributed by atoms with Gasteiger partial charge in [-0.05, 0) is 40.2 Å². The third-order valence-corrected chi connectivity index (χ3v) is 4.09. The van der Waals surface area contributed by atoms with Crippen molar-refractivity contribution in [1.82, 2.24) is 14.7 Å². The highest BCUT2D eigenvalue weighted by molar-refractivity contribution is 5.39. The topological polar surface area (TPSA) is 33.1 Å². The van der Waals surface area contributed by atoms with Gasteiger partial charge in [-0.15, -0.1) is 0 Å². The first kappa shape index (κ1) is 13.4. The second-order valence-electron chi connectivity index (χ2n) is 6.06. The van der Waals surface area contributed by atoms with Crippen molar-refractivity contribution < 1.29 is 0 Å². The van der Waals surface area contributed by atoms with Crippen molar-refractivity contribution in [2.24, 2.45) is 5.92 Å². The molecule has 0 aromatic carbocycles. The monoisotopic (exact) mass is 250 g/mol. The Bertz CT molecular complexity index is 385. The summed E-state index contributed by atoms with van der Waals surface area (Å²) in [6.07, 6.45) is 5.25. The van der Waals surface area contributed by atoms with Gasteiger partial charge in [0.15, 0.2) is 0 Å². The maximum absolute atomic E-state index is 4.38. The van der Waals surface area contributed by atoms with Crippen molar-refractivity contribution >= 4 is 5.69 Å². The van der Waals surface area contributed by atoms with E-state index in [1.165, 1.54) is 6.42 Å². The van der Waals surface area contributed by atoms with Crippen molar-refractivity contribution in [3.05, 3.63) is 12.4 Å². The molecule has 0 saturated carbocycles. The zero-order valence-electron chi connectivity index (χ0n) is 12.2. The Morgan fingerprint density at radius 3 is 2.72 bits per heavy atom. The summed E-state index contributed by atoms with van der Waals surface area (Å²) >= 11 is 0. The normalized spacial score (nSPS) is 29.8. The summed E-state index contributed by atoms with van der Waals surface area (Å²) in [5.41, 5.74) is 1.15. The summed E-state index contributed by atoms with van der Waals surface area (Å²) in [5.74, 6) is 0.675. The van der Waals surface area contributed by atoms with E-state index in [2.05, 4.69) is 56.3 Å². The molecule has 1 aromatic rings. The van der Waals surface area contributed by atoms with Gasteiger partial charge >= 0.3 is 0 Å². The third-order valence-electron chi connectivity index (χ3n) is 4.09. The van der Waals surface area contributed by atoms with Crippen molar-refractivity contribution in [2.45, 2.75) is 52.2 Å². The van der Waals surface area contributed by atoms with Gasteiger partial charge in [0.25, 0.3) is 0 Å². The molecular formula is C14H26N4. The van der Waals surface area contributed by atoms with Gasteiger partial charge in [0.05, 0.1) is 11.9 Å². The van der Waals surface area contributed by atoms with Crippen LogP contribution >= 0.6 is 0 Å². The molecule has 1 fully saturated rings. The quantitative estimate of drug-likeness (QED) is 0.895. The molecule has 1 aliphatic heterocycles. The van der Waals surface area contributed by atoms with Gasteiger partial charge in [0.1, 0.15) is 0 Å². The molecule has 3 unspecified atom stereocenters. The molecule has 1 saturated heterocycles. The first-order chi connectivity index (χ1) is 8.47. The highest BCUT2D eigenvalue weighted by Crippen LogP contribution is 2.24. The van der Waals surface area contributed by atoms with Crippen LogP contribution in [-0.4, -0.2) is 40.4 Å². The fourth-order valence-electron chi connectivity index (χ4n) is 2.65. The maximum atomic E-state index is 4.38. The van der Waals surface area contributed by atoms with Crippen LogP contribution in [0.5, 0.6) is 0 Å². The van der Waals surface area contributed by atoms with Crippen LogP contribution in [0.3, 0.4) is 0 Å². The second kappa shape index (κ2) is 5.31. The Morgan fingerprint density at radius 2 is 2.11 bits per heavy atom. The summed E-state index contributed by atoms with van der Waals surface area (Å²) in [5, 5.41) is 8.03. The zero-order chi connectivity index (χ0) is 13.3. The van der Waals surface area contributed by atoms with Crippen molar-refractivity contribution in [3.63, 3.8) is 0 Å². The van der Waals surface area contributed by atoms with Crippen LogP contribution in [0.2, 0.25) is 0 Å². The Morgan fingerprint density at radius 1 is 1.39 bits per heavy atom. The van der Waals surface area contributed by atoms with Crippen LogP contribution in [0.15, 0.2) is 12.4 Å². The lowest BCUT2D eigenvalue weighted by Gasteiger charge is -2.40. The molecule has 102 valence electrons. The average Bonchev–Trinajstić information content (AvgIpc) is 2.74. The van der Waals surface area contributed by atoms with Crippen LogP contribution < -0.4 is 5.32 Å². The molecule has 2 heterocycles. The van der Waals surface area contributed by atoms with Crippen molar-refractivity contribution in [2.75, 3.05) is 18.9 Å². The summed E-state index contributed by atoms with van der Waals surface area (Å²) in [6.45, 7) is 10.1. The lowest BCUT2D eigenvalue weighted by Crippen LogP contribution is -2.48. The minimum atomic E-state index is 0.425. The van der Waals surface area contributed by atoms with E-state index in [1.807, 2.05) is 10.9 Å². The van der Waals surface area contributed by atoms with Crippen LogP contribution in [0.25, 0.3) is 0 Å². The van der Waals surface area contributed by atoms with Crippen LogP contribution in [0.1, 0.15) is 40.2 Å². The maximum Gasteiger partial charge on any atom is 0.0728 e. The number of hydrogen-bond acceptors (Lipinski definition) is 3. The van der Waals surface area contributed by atoms with E-state index >= 15 is 0 Å². The van der Waals surface area contributed by atoms with Gasteiger partial charge in [0, 0.05) is 30.9 Å². The van der Waals surface area contributed by atoms with Gasteiger partial charge in [-0.3, -0.25) is 4.68 Å². The van der Waals surface area contributed by atoms with Gasteiger partial charge in [-0.2, -0.15) is 5.10 Å². The summed E-state index contributed by atoms with van der Waals surface area (Å²) in [6, 6.07) is 1.63. The number of piperidine rings is 1. The van der Waals surface area contributed by atoms with E-state index in [4.69, 9.17) is 0 Å². The average molecular weight is 250 g/mol. The molecule has 4 nitrogen and oxygen atoms in total. The highest BCUT2D eigenvalue weighted by atomic mass is 15.3. The fraction of sp³-hybridized carbons (Fsp3) is 0.786. The molecule has 2 rings (SSSR count). The second-order valence-corrected chi connectivity index (χ2v) is 6.06. The number of nitrogens with one attached hydrogen (secondary N) is 1. The molecule has 0 bridgehead atoms. The van der Waals surface area contributed by atoms with Crippen molar-refractivity contribution in [1.29, 1.82) is 0 Å². The van der Waals surface area contributed by atoms with E-state index in [9.17, 15) is 0 Å². The first-order valence-electron chi connectivity index (χ1n) is 6.98. The molecule has 1 N–H and O–H groups in total. The molecule has 1 aromatic heterocycles. The predicted octanol–water partition coefficient (Wildman–Crippen LogP) is 2.60. The van der Waals surface area contributed by atoms with E-state index < -0.39 is 0 Å². The van der Waals surface area contributed by atoms with Crippen molar-refractivity contribution in [3.8, 4) is 0 Å². The SMILES string of the molecule is CC1CN(C)C(C)CC1Nc1cnn(C(C)C)c1. The number of hydrogen-bond donors (Lipinski definition) is 1.